The zero-order chi connectivity index (χ0) is 8.10. The summed E-state index contributed by atoms with van der Waals surface area (Å²) in [5, 5.41) is 3.57. The average Bonchev–Trinajstić information content (AvgIpc) is 2.03. The Balaban J connectivity index is 2.18. The maximum absolute atomic E-state index is 3.57. The third kappa shape index (κ3) is 2.86. The van der Waals surface area contributed by atoms with Crippen LogP contribution in [0.4, 0.5) is 0 Å². The fourth-order valence-electron chi connectivity index (χ4n) is 1.89. The highest BCUT2D eigenvalue weighted by Gasteiger charge is 2.19. The quantitative estimate of drug-likeness (QED) is 0.608. The maximum atomic E-state index is 3.57. The van der Waals surface area contributed by atoms with Gasteiger partial charge in [-0.2, -0.15) is 0 Å². The SMILES string of the molecule is C[B]CNC1CCCCC1C. The molecule has 0 saturated heterocycles. The zero-order valence-electron chi connectivity index (χ0n) is 7.77. The normalized spacial score (nSPS) is 31.8. The topological polar surface area (TPSA) is 12.0 Å². The standard InChI is InChI=1S/C9H19BN/c1-8-5-3-4-6-9(8)11-7-10-2/h8-9,11H,3-7H2,1-2H3. The van der Waals surface area contributed by atoms with Crippen LogP contribution in [0, 0.1) is 5.92 Å². The summed E-state index contributed by atoms with van der Waals surface area (Å²) in [6.45, 7) is 4.48. The summed E-state index contributed by atoms with van der Waals surface area (Å²) in [6, 6.07) is 0.792. The highest BCUT2D eigenvalue weighted by Crippen LogP contribution is 2.23. The monoisotopic (exact) mass is 152 g/mol. The summed E-state index contributed by atoms with van der Waals surface area (Å²) in [5.74, 6) is 0.892. The minimum absolute atomic E-state index is 0.792. The largest absolute Gasteiger partial charge is 0.322 e. The van der Waals surface area contributed by atoms with Crippen LogP contribution >= 0.6 is 0 Å². The van der Waals surface area contributed by atoms with E-state index >= 15 is 0 Å². The average molecular weight is 152 g/mol. The van der Waals surface area contributed by atoms with Gasteiger partial charge in [0.15, 0.2) is 0 Å². The zero-order valence-corrected chi connectivity index (χ0v) is 7.77. The van der Waals surface area contributed by atoms with Crippen molar-refractivity contribution in [2.45, 2.75) is 45.5 Å². The van der Waals surface area contributed by atoms with Crippen LogP contribution in [-0.2, 0) is 0 Å². The third-order valence-corrected chi connectivity index (χ3v) is 2.70. The molecule has 1 radical (unpaired) electrons. The van der Waals surface area contributed by atoms with Crippen molar-refractivity contribution in [3.05, 3.63) is 0 Å². The molecule has 0 bridgehead atoms. The van der Waals surface area contributed by atoms with Gasteiger partial charge in [0.2, 0.25) is 0 Å². The molecule has 63 valence electrons. The summed E-state index contributed by atoms with van der Waals surface area (Å²) in [7, 11) is 2.20. The van der Waals surface area contributed by atoms with E-state index in [9.17, 15) is 0 Å². The number of nitrogens with one attached hydrogen (secondary N) is 1. The van der Waals surface area contributed by atoms with Gasteiger partial charge in [-0.05, 0) is 25.2 Å². The first-order valence-corrected chi connectivity index (χ1v) is 4.86. The van der Waals surface area contributed by atoms with E-state index in [1.807, 2.05) is 0 Å². The van der Waals surface area contributed by atoms with Gasteiger partial charge in [-0.1, -0.05) is 26.6 Å². The van der Waals surface area contributed by atoms with Gasteiger partial charge >= 0.3 is 0 Å². The summed E-state index contributed by atoms with van der Waals surface area (Å²) in [5.41, 5.74) is 0. The van der Waals surface area contributed by atoms with Crippen molar-refractivity contribution in [3.8, 4) is 0 Å². The van der Waals surface area contributed by atoms with Crippen LogP contribution in [-0.4, -0.2) is 19.8 Å². The van der Waals surface area contributed by atoms with Crippen molar-refractivity contribution in [2.24, 2.45) is 5.92 Å². The second-order valence-electron chi connectivity index (χ2n) is 3.68. The van der Waals surface area contributed by atoms with Crippen molar-refractivity contribution >= 4 is 7.28 Å². The fraction of sp³-hybridized carbons (Fsp3) is 1.00. The van der Waals surface area contributed by atoms with E-state index in [0.717, 1.165) is 18.4 Å². The Hall–Kier alpha value is 0.0249. The van der Waals surface area contributed by atoms with Crippen molar-refractivity contribution in [1.82, 2.24) is 5.32 Å². The van der Waals surface area contributed by atoms with Gasteiger partial charge in [0.25, 0.3) is 0 Å². The molecule has 0 aromatic rings. The molecule has 2 heteroatoms. The lowest BCUT2D eigenvalue weighted by molar-refractivity contribution is 0.291. The van der Waals surface area contributed by atoms with Crippen molar-refractivity contribution < 1.29 is 0 Å². The number of hydrogen-bond donors (Lipinski definition) is 1. The lowest BCUT2D eigenvalue weighted by atomic mass is 9.80. The summed E-state index contributed by atoms with van der Waals surface area (Å²) in [4.78, 5) is 0. The molecule has 0 amide bonds. The van der Waals surface area contributed by atoms with Crippen LogP contribution in [0.1, 0.15) is 32.6 Å². The van der Waals surface area contributed by atoms with Crippen molar-refractivity contribution in [3.63, 3.8) is 0 Å². The molecule has 1 fully saturated rings. The van der Waals surface area contributed by atoms with E-state index in [2.05, 4.69) is 26.3 Å². The molecule has 2 atom stereocenters. The van der Waals surface area contributed by atoms with E-state index in [4.69, 9.17) is 0 Å². The molecule has 1 rings (SSSR count). The Labute approximate surface area is 71.2 Å². The van der Waals surface area contributed by atoms with Crippen molar-refractivity contribution in [2.75, 3.05) is 6.44 Å². The molecular formula is C9H19BN. The van der Waals surface area contributed by atoms with Crippen LogP contribution in [0.25, 0.3) is 0 Å². The van der Waals surface area contributed by atoms with E-state index in [1.165, 1.54) is 25.7 Å². The lowest BCUT2D eigenvalue weighted by Gasteiger charge is -2.29. The predicted octanol–water partition coefficient (Wildman–Crippen LogP) is 1.86. The van der Waals surface area contributed by atoms with Gasteiger partial charge in [-0.25, -0.2) is 0 Å². The highest BCUT2D eigenvalue weighted by molar-refractivity contribution is 6.33. The molecule has 11 heavy (non-hydrogen) atoms. The Morgan fingerprint density at radius 1 is 1.36 bits per heavy atom. The van der Waals surface area contributed by atoms with Crippen LogP contribution in [0.15, 0.2) is 0 Å². The smallest absolute Gasteiger partial charge is 0.124 e. The van der Waals surface area contributed by atoms with Gasteiger partial charge in [0, 0.05) is 6.04 Å². The fourth-order valence-corrected chi connectivity index (χ4v) is 1.89. The third-order valence-electron chi connectivity index (χ3n) is 2.70. The molecular weight excluding hydrogens is 133 g/mol. The minimum Gasteiger partial charge on any atom is -0.322 e. The molecule has 1 nitrogen and oxygen atoms in total. The van der Waals surface area contributed by atoms with E-state index in [-0.39, 0.29) is 0 Å². The Morgan fingerprint density at radius 3 is 2.73 bits per heavy atom. The van der Waals surface area contributed by atoms with Gasteiger partial charge in [-0.15, -0.1) is 0 Å². The molecule has 1 aliphatic carbocycles. The van der Waals surface area contributed by atoms with Crippen LogP contribution in [0.3, 0.4) is 0 Å². The molecule has 2 unspecified atom stereocenters. The summed E-state index contributed by atoms with van der Waals surface area (Å²) >= 11 is 0. The Morgan fingerprint density at radius 2 is 2.09 bits per heavy atom. The summed E-state index contributed by atoms with van der Waals surface area (Å²) < 4.78 is 0. The molecule has 0 aliphatic heterocycles. The number of hydrogen-bond acceptors (Lipinski definition) is 1. The van der Waals surface area contributed by atoms with E-state index in [1.54, 1.807) is 0 Å². The Bertz CT molecular complexity index is 106. The second kappa shape index (κ2) is 4.81. The van der Waals surface area contributed by atoms with Gasteiger partial charge in [0.05, 0.1) is 0 Å². The summed E-state index contributed by atoms with van der Waals surface area (Å²) in [6.07, 6.45) is 6.74. The second-order valence-corrected chi connectivity index (χ2v) is 3.68. The first-order valence-electron chi connectivity index (χ1n) is 4.86. The predicted molar refractivity (Wildman–Crippen MR) is 51.0 cm³/mol. The van der Waals surface area contributed by atoms with Crippen LogP contribution in [0.5, 0.6) is 0 Å². The molecule has 0 spiro atoms. The van der Waals surface area contributed by atoms with Gasteiger partial charge in [-0.3, -0.25) is 0 Å². The molecule has 0 aromatic heterocycles. The first-order chi connectivity index (χ1) is 5.34. The molecule has 1 aliphatic rings. The molecule has 1 N–H and O–H groups in total. The van der Waals surface area contributed by atoms with Crippen molar-refractivity contribution in [1.29, 1.82) is 0 Å². The first kappa shape index (κ1) is 9.12. The molecule has 0 heterocycles. The molecule has 1 saturated carbocycles. The number of rotatable bonds is 3. The minimum atomic E-state index is 0.792. The highest BCUT2D eigenvalue weighted by atomic mass is 14.9. The maximum Gasteiger partial charge on any atom is 0.124 e. The van der Waals surface area contributed by atoms with Gasteiger partial charge in [0.1, 0.15) is 7.28 Å². The Kier molecular flexibility index (Phi) is 3.99. The van der Waals surface area contributed by atoms with E-state index in [0.29, 0.717) is 0 Å². The molecule has 0 aromatic carbocycles. The van der Waals surface area contributed by atoms with Crippen LogP contribution < -0.4 is 5.32 Å². The lowest BCUT2D eigenvalue weighted by Crippen LogP contribution is -2.38. The van der Waals surface area contributed by atoms with Gasteiger partial charge < -0.3 is 5.32 Å². The van der Waals surface area contributed by atoms with Crippen LogP contribution in [0.2, 0.25) is 6.82 Å². The van der Waals surface area contributed by atoms with E-state index < -0.39 is 0 Å².